The molecule has 0 atom stereocenters. The molecule has 11 heavy (non-hydrogen) atoms. The second-order valence-electron chi connectivity index (χ2n) is 2.92. The van der Waals surface area contributed by atoms with Gasteiger partial charge in [0.2, 0.25) is 0 Å². The van der Waals surface area contributed by atoms with E-state index in [-0.39, 0.29) is 0 Å². The Kier molecular flexibility index (Phi) is 5.50. The largest absolute Gasteiger partial charge is 0.303 e. The van der Waals surface area contributed by atoms with Gasteiger partial charge in [-0.3, -0.25) is 0 Å². The van der Waals surface area contributed by atoms with Crippen LogP contribution in [0.25, 0.3) is 0 Å². The summed E-state index contributed by atoms with van der Waals surface area (Å²) in [5.41, 5.74) is 4.14. The van der Waals surface area contributed by atoms with E-state index in [0.717, 1.165) is 19.1 Å². The molecule has 0 aliphatic rings. The highest BCUT2D eigenvalue weighted by Crippen LogP contribution is 2.14. The lowest BCUT2D eigenvalue weighted by molar-refractivity contribution is -0.107. The summed E-state index contributed by atoms with van der Waals surface area (Å²) in [6.45, 7) is 7.85. The van der Waals surface area contributed by atoms with Crippen molar-refractivity contribution in [2.75, 3.05) is 0 Å². The average Bonchev–Trinajstić information content (AvgIpc) is 1.97. The zero-order chi connectivity index (χ0) is 8.69. The number of unbranched alkanes of at least 4 members (excludes halogenated alkanes) is 1. The first-order valence-electron chi connectivity index (χ1n) is 4.04. The summed E-state index contributed by atoms with van der Waals surface area (Å²) >= 11 is 0. The number of rotatable bonds is 5. The van der Waals surface area contributed by atoms with Crippen molar-refractivity contribution in [3.05, 3.63) is 17.9 Å². The first kappa shape index (κ1) is 10.2. The van der Waals surface area contributed by atoms with Crippen molar-refractivity contribution in [3.63, 3.8) is 0 Å². The Hall–Kier alpha value is -0.810. The average molecular weight is 152 g/mol. The second-order valence-corrected chi connectivity index (χ2v) is 2.92. The fourth-order valence-corrected chi connectivity index (χ4v) is 0.957. The van der Waals surface area contributed by atoms with Crippen LogP contribution in [-0.4, -0.2) is 6.29 Å². The molecular weight excluding hydrogens is 136 g/mol. The van der Waals surface area contributed by atoms with E-state index in [4.69, 9.17) is 0 Å². The second kappa shape index (κ2) is 5.94. The zero-order valence-corrected chi connectivity index (χ0v) is 7.39. The van der Waals surface area contributed by atoms with E-state index in [2.05, 4.69) is 26.2 Å². The van der Waals surface area contributed by atoms with Gasteiger partial charge in [-0.2, -0.15) is 0 Å². The Morgan fingerprint density at radius 1 is 1.64 bits per heavy atom. The smallest absolute Gasteiger partial charge is 0.120 e. The number of allylic oxidation sites excluding steroid dienone is 1. The minimum absolute atomic E-state index is 0.513. The van der Waals surface area contributed by atoms with Gasteiger partial charge in [-0.25, -0.2) is 0 Å². The molecule has 0 N–H and O–H groups in total. The monoisotopic (exact) mass is 152 g/mol. The van der Waals surface area contributed by atoms with Crippen LogP contribution < -0.4 is 0 Å². The molecule has 62 valence electrons. The molecule has 0 radical (unpaired) electrons. The summed E-state index contributed by atoms with van der Waals surface area (Å²) in [7, 11) is 0. The number of carbonyl (C=O) groups excluding carboxylic acids is 1. The van der Waals surface area contributed by atoms with Crippen LogP contribution in [0, 0.1) is 5.92 Å². The van der Waals surface area contributed by atoms with Crippen molar-refractivity contribution in [1.82, 2.24) is 0 Å². The Balaban J connectivity index is 3.72. The van der Waals surface area contributed by atoms with E-state index in [1.807, 2.05) is 0 Å². The van der Waals surface area contributed by atoms with Crippen molar-refractivity contribution in [2.24, 2.45) is 5.92 Å². The Bertz CT molecular complexity index is 162. The molecule has 0 aliphatic carbocycles. The lowest BCUT2D eigenvalue weighted by Crippen LogP contribution is -1.92. The fraction of sp³-hybridized carbons (Fsp3) is 0.600. The van der Waals surface area contributed by atoms with Crippen molar-refractivity contribution in [2.45, 2.75) is 33.1 Å². The van der Waals surface area contributed by atoms with Crippen LogP contribution in [-0.2, 0) is 4.79 Å². The molecule has 0 fully saturated rings. The van der Waals surface area contributed by atoms with Gasteiger partial charge in [0.1, 0.15) is 6.29 Å². The highest BCUT2D eigenvalue weighted by Gasteiger charge is 2.00. The van der Waals surface area contributed by atoms with E-state index >= 15 is 0 Å². The summed E-state index contributed by atoms with van der Waals surface area (Å²) in [6, 6.07) is 0. The van der Waals surface area contributed by atoms with Gasteiger partial charge in [-0.05, 0) is 24.3 Å². The molecular formula is C10H16O. The van der Waals surface area contributed by atoms with Crippen LogP contribution in [0.15, 0.2) is 17.9 Å². The summed E-state index contributed by atoms with van der Waals surface area (Å²) in [6.07, 6.45) is 3.50. The standard InChI is InChI=1S/C10H16O/c1-4-10(9(2)3)7-5-6-8-11/h8-9H,1,5-7H2,2-3H3. The third kappa shape index (κ3) is 4.58. The predicted molar refractivity (Wildman–Crippen MR) is 47.4 cm³/mol. The molecule has 1 nitrogen and oxygen atoms in total. The Labute approximate surface area is 68.8 Å². The lowest BCUT2D eigenvalue weighted by Gasteiger charge is -2.06. The normalized spacial score (nSPS) is 9.36. The zero-order valence-electron chi connectivity index (χ0n) is 7.39. The van der Waals surface area contributed by atoms with Crippen molar-refractivity contribution < 1.29 is 4.79 Å². The molecule has 1 heteroatoms. The van der Waals surface area contributed by atoms with E-state index in [1.165, 1.54) is 5.57 Å². The molecule has 0 aliphatic heterocycles. The molecule has 0 aromatic carbocycles. The topological polar surface area (TPSA) is 17.1 Å². The number of aldehydes is 1. The summed E-state index contributed by atoms with van der Waals surface area (Å²) < 4.78 is 0. The van der Waals surface area contributed by atoms with Gasteiger partial charge < -0.3 is 4.79 Å². The van der Waals surface area contributed by atoms with Crippen LogP contribution in [0.4, 0.5) is 0 Å². The van der Waals surface area contributed by atoms with Crippen LogP contribution in [0.2, 0.25) is 0 Å². The minimum atomic E-state index is 0.513. The predicted octanol–water partition coefficient (Wildman–Crippen LogP) is 2.72. The van der Waals surface area contributed by atoms with Gasteiger partial charge in [-0.1, -0.05) is 20.4 Å². The number of hydrogen-bond acceptors (Lipinski definition) is 1. The first-order chi connectivity index (χ1) is 5.22. The van der Waals surface area contributed by atoms with Crippen LogP contribution in [0.1, 0.15) is 33.1 Å². The summed E-state index contributed by atoms with van der Waals surface area (Å²) in [4.78, 5) is 10.00. The minimum Gasteiger partial charge on any atom is -0.303 e. The molecule has 0 saturated heterocycles. The lowest BCUT2D eigenvalue weighted by atomic mass is 9.99. The van der Waals surface area contributed by atoms with Gasteiger partial charge in [0.25, 0.3) is 0 Å². The molecule has 0 bridgehead atoms. The SMILES string of the molecule is C=C=C(CCCC=O)C(C)C. The Morgan fingerprint density at radius 2 is 2.27 bits per heavy atom. The quantitative estimate of drug-likeness (QED) is 0.336. The molecule has 0 unspecified atom stereocenters. The van der Waals surface area contributed by atoms with Gasteiger partial charge in [0.15, 0.2) is 0 Å². The summed E-state index contributed by atoms with van der Waals surface area (Å²) in [5, 5.41) is 0. The van der Waals surface area contributed by atoms with Crippen molar-refractivity contribution >= 4 is 6.29 Å². The van der Waals surface area contributed by atoms with E-state index in [1.54, 1.807) is 0 Å². The van der Waals surface area contributed by atoms with Crippen LogP contribution >= 0.6 is 0 Å². The van der Waals surface area contributed by atoms with Crippen molar-refractivity contribution in [3.8, 4) is 0 Å². The van der Waals surface area contributed by atoms with E-state index in [0.29, 0.717) is 12.3 Å². The molecule has 0 aromatic heterocycles. The maximum absolute atomic E-state index is 10.00. The molecule has 0 saturated carbocycles. The third-order valence-corrected chi connectivity index (χ3v) is 1.69. The van der Waals surface area contributed by atoms with Gasteiger partial charge in [0, 0.05) is 6.42 Å². The van der Waals surface area contributed by atoms with E-state index in [9.17, 15) is 4.79 Å². The van der Waals surface area contributed by atoms with Gasteiger partial charge in [-0.15, -0.1) is 5.73 Å². The summed E-state index contributed by atoms with van der Waals surface area (Å²) in [5.74, 6) is 0.513. The molecule has 0 heterocycles. The maximum atomic E-state index is 10.00. The van der Waals surface area contributed by atoms with Crippen LogP contribution in [0.3, 0.4) is 0 Å². The number of hydrogen-bond donors (Lipinski definition) is 0. The van der Waals surface area contributed by atoms with Gasteiger partial charge >= 0.3 is 0 Å². The molecule has 0 aromatic rings. The highest BCUT2D eigenvalue weighted by molar-refractivity contribution is 5.49. The first-order valence-corrected chi connectivity index (χ1v) is 4.04. The van der Waals surface area contributed by atoms with Gasteiger partial charge in [0.05, 0.1) is 0 Å². The fourth-order valence-electron chi connectivity index (χ4n) is 0.957. The maximum Gasteiger partial charge on any atom is 0.120 e. The number of carbonyl (C=O) groups is 1. The molecule has 0 rings (SSSR count). The molecule has 0 spiro atoms. The third-order valence-electron chi connectivity index (χ3n) is 1.69. The Morgan fingerprint density at radius 3 is 2.64 bits per heavy atom. The van der Waals surface area contributed by atoms with Crippen molar-refractivity contribution in [1.29, 1.82) is 0 Å². The highest BCUT2D eigenvalue weighted by atomic mass is 16.1. The molecule has 0 amide bonds. The van der Waals surface area contributed by atoms with Crippen LogP contribution in [0.5, 0.6) is 0 Å². The van der Waals surface area contributed by atoms with E-state index < -0.39 is 0 Å².